The van der Waals surface area contributed by atoms with Crippen LogP contribution in [0.5, 0.6) is 0 Å². The Morgan fingerprint density at radius 1 is 0.354 bits per heavy atom. The highest BCUT2D eigenvalue weighted by atomic mass is 32.2. The zero-order valence-electron chi connectivity index (χ0n) is 46.6. The van der Waals surface area contributed by atoms with Crippen LogP contribution >= 0.6 is 21.0 Å². The number of hydrogen-bond acceptors (Lipinski definition) is 2. The van der Waals surface area contributed by atoms with Gasteiger partial charge in [-0.25, -0.2) is 0 Å². The molecule has 0 saturated carbocycles. The van der Waals surface area contributed by atoms with Crippen molar-refractivity contribution in [3.63, 3.8) is 0 Å². The van der Waals surface area contributed by atoms with E-state index in [-0.39, 0.29) is 21.0 Å². The van der Waals surface area contributed by atoms with Gasteiger partial charge in [-0.1, -0.05) is 189 Å². The molecule has 0 aliphatic heterocycles. The Hall–Kier alpha value is -9.06. The minimum absolute atomic E-state index is 0.0613. The highest BCUT2D eigenvalue weighted by Gasteiger charge is 2.24. The lowest BCUT2D eigenvalue weighted by Gasteiger charge is -2.28. The van der Waals surface area contributed by atoms with Crippen LogP contribution in [0.4, 0.5) is 28.4 Å². The van der Waals surface area contributed by atoms with Gasteiger partial charge in [0.15, 0.2) is 0 Å². The second-order valence-corrected chi connectivity index (χ2v) is 24.8. The maximum atomic E-state index is 4.53. The third-order valence-corrected chi connectivity index (χ3v) is 18.5. The van der Waals surface area contributed by atoms with Gasteiger partial charge in [0, 0.05) is 43.9 Å². The molecule has 0 radical (unpaired) electrons. The van der Waals surface area contributed by atoms with E-state index in [4.69, 9.17) is 0 Å². The van der Waals surface area contributed by atoms with Crippen molar-refractivity contribution in [3.8, 4) is 44.5 Å². The lowest BCUT2D eigenvalue weighted by Crippen LogP contribution is -2.31. The number of rotatable bonds is 14. The molecule has 0 aromatic heterocycles. The molecule has 13 rings (SSSR count). The van der Waals surface area contributed by atoms with Gasteiger partial charge >= 0.3 is 0 Å². The summed E-state index contributed by atoms with van der Waals surface area (Å²) in [5.74, 6) is 8.59. The Labute approximate surface area is 487 Å². The molecule has 0 heterocycles. The molecule has 398 valence electrons. The first-order valence-electron chi connectivity index (χ1n) is 28.2. The van der Waals surface area contributed by atoms with Crippen molar-refractivity contribution in [1.29, 1.82) is 0 Å². The summed E-state index contributed by atoms with van der Waals surface area (Å²) < 4.78 is 0. The first kappa shape index (κ1) is 52.3. The van der Waals surface area contributed by atoms with Crippen molar-refractivity contribution in [2.75, 3.05) is 22.3 Å². The second kappa shape index (κ2) is 22.5. The van der Waals surface area contributed by atoms with E-state index in [2.05, 4.69) is 290 Å². The van der Waals surface area contributed by atoms with Crippen molar-refractivity contribution < 1.29 is 0 Å². The average molecular weight is 1090 g/mol. The van der Waals surface area contributed by atoms with E-state index in [9.17, 15) is 0 Å². The van der Waals surface area contributed by atoms with Crippen molar-refractivity contribution in [2.45, 2.75) is 35.5 Å². The topological polar surface area (TPSA) is 6.48 Å². The molecule has 11 aromatic carbocycles. The van der Waals surface area contributed by atoms with E-state index in [1.54, 1.807) is 0 Å². The Morgan fingerprint density at radius 3 is 1.22 bits per heavy atom. The summed E-state index contributed by atoms with van der Waals surface area (Å²) in [5, 5.41) is 9.84. The van der Waals surface area contributed by atoms with E-state index in [0.29, 0.717) is 0 Å². The molecule has 0 bridgehead atoms. The Balaban J connectivity index is 0.932. The average Bonchev–Trinajstić information content (AvgIpc) is 1.71. The quantitative estimate of drug-likeness (QED) is 0.100. The van der Waals surface area contributed by atoms with E-state index in [1.165, 1.54) is 86.1 Å². The van der Waals surface area contributed by atoms with Gasteiger partial charge in [-0.3, -0.25) is 0 Å². The fourth-order valence-electron chi connectivity index (χ4n) is 12.6. The zero-order chi connectivity index (χ0) is 55.8. The molecule has 2 aliphatic carbocycles. The largest absolute Gasteiger partial charge is 0.311 e. The summed E-state index contributed by atoms with van der Waals surface area (Å²) in [6.07, 6.45) is 24.3. The number of hydrogen-bond donors (Lipinski definition) is 0. The monoisotopic (exact) mass is 1090 g/mol. The summed E-state index contributed by atoms with van der Waals surface area (Å²) in [5.41, 5.74) is 18.5. The minimum atomic E-state index is -0.0630. The molecule has 2 aliphatic rings. The van der Waals surface area contributed by atoms with Crippen molar-refractivity contribution >= 4 is 118 Å². The van der Waals surface area contributed by atoms with Gasteiger partial charge in [0.25, 0.3) is 0 Å². The smallest absolute Gasteiger partial charge is 0.0462 e. The molecule has 2 nitrogen and oxygen atoms in total. The molecule has 0 N–H and O–H groups in total. The normalized spacial score (nSPS) is 13.6. The molecule has 0 fully saturated rings. The van der Waals surface area contributed by atoms with Crippen LogP contribution in [-0.2, 0) is 0 Å². The van der Waals surface area contributed by atoms with E-state index in [0.717, 1.165) is 81.9 Å². The van der Waals surface area contributed by atoms with Gasteiger partial charge in [-0.2, -0.15) is 21.0 Å². The summed E-state index contributed by atoms with van der Waals surface area (Å²) >= 11 is 0. The van der Waals surface area contributed by atoms with Crippen LogP contribution < -0.4 is 20.2 Å². The zero-order valence-corrected chi connectivity index (χ0v) is 48.2. The number of nitrogens with zero attached hydrogens (tertiary/aromatic N) is 2. The van der Waals surface area contributed by atoms with Crippen LogP contribution in [0.25, 0.3) is 101 Å². The van der Waals surface area contributed by atoms with Crippen LogP contribution in [0, 0.1) is 0 Å². The van der Waals surface area contributed by atoms with Gasteiger partial charge < -0.3 is 9.80 Å². The molecule has 2 unspecified atom stereocenters. The Morgan fingerprint density at radius 2 is 0.732 bits per heavy atom. The highest BCUT2D eigenvalue weighted by molar-refractivity contribution is 8.13. The number of anilines is 5. The van der Waals surface area contributed by atoms with Gasteiger partial charge in [-0.05, 0) is 228 Å². The van der Waals surface area contributed by atoms with Crippen molar-refractivity contribution in [1.82, 2.24) is 0 Å². The van der Waals surface area contributed by atoms with E-state index >= 15 is 0 Å². The van der Waals surface area contributed by atoms with E-state index < -0.39 is 0 Å². The summed E-state index contributed by atoms with van der Waals surface area (Å²) in [7, 11) is -0.124. The summed E-state index contributed by atoms with van der Waals surface area (Å²) in [6, 6.07) is 78.4. The van der Waals surface area contributed by atoms with Crippen LogP contribution in [0.3, 0.4) is 0 Å². The summed E-state index contributed by atoms with van der Waals surface area (Å²) in [4.78, 5) is 7.22. The maximum Gasteiger partial charge on any atom is 0.0462 e. The molecule has 82 heavy (non-hydrogen) atoms. The Bertz CT molecular complexity index is 4570. The molecular formula is C78H64N2S2. The molecule has 0 spiro atoms. The first-order valence-corrected chi connectivity index (χ1v) is 31.9. The summed E-state index contributed by atoms with van der Waals surface area (Å²) in [6.45, 7) is 9.04. The minimum Gasteiger partial charge on any atom is -0.311 e. The van der Waals surface area contributed by atoms with Gasteiger partial charge in [0.1, 0.15) is 0 Å². The van der Waals surface area contributed by atoms with Gasteiger partial charge in [0.2, 0.25) is 0 Å². The van der Waals surface area contributed by atoms with Gasteiger partial charge in [-0.15, -0.1) is 0 Å². The molecule has 2 atom stereocenters. The number of allylic oxidation sites excluding steroid dienone is 3. The third kappa shape index (κ3) is 9.42. The lowest BCUT2D eigenvalue weighted by atomic mass is 9.80. The predicted molar refractivity (Wildman–Crippen MR) is 366 cm³/mol. The SMILES string of the molecule is C=Cc1c(C=C)c(-c2ccc(-c3c4c(c(-c5ccc(N(c6ccccc6)c6ccc(S(=C)C)cc6)cc5)c5ccccc35)=CCCC=4)c3ccccc23)c2ccccc2c1-c1ccc(N(C2=CCCC=C2)c2ccc(S(=C)C)cc2)cc1. The van der Waals surface area contributed by atoms with Gasteiger partial charge in [0.05, 0.1) is 0 Å². The van der Waals surface area contributed by atoms with E-state index in [1.807, 2.05) is 12.2 Å². The molecule has 0 saturated heterocycles. The lowest BCUT2D eigenvalue weighted by molar-refractivity contribution is 0.997. The fraction of sp³-hybridized carbons (Fsp3) is 0.0769. The standard InChI is InChI=1S/C78H64N2S2/c1-7-63-64(8-2)77(70-32-20-17-29-67(70)75(63)53-35-39-57(40-36-53)79(55-23-11-9-12-24-55)59-43-47-61(48-44-59)81(3)4)73-51-52-74(66-28-16-15-27-65(66)73)78-71-33-21-18-30-68(71)76(69-31-19-22-34-72(69)78)54-37-41-58(42-38-54)80(56-25-13-10-14-26-56)60-45-49-62(50-46-60)82(5)6/h7-8,10-11,13-18,20-21,23-52H,1-3,5,9,12,19,22H2,4,6H3. The predicted octanol–water partition coefficient (Wildman–Crippen LogP) is 20.7. The third-order valence-electron chi connectivity index (χ3n) is 16.4. The molecular weight excluding hydrogens is 1030 g/mol. The van der Waals surface area contributed by atoms with Crippen LogP contribution in [0.2, 0.25) is 0 Å². The molecule has 0 amide bonds. The van der Waals surface area contributed by atoms with Crippen molar-refractivity contribution in [2.24, 2.45) is 0 Å². The number of para-hydroxylation sites is 1. The van der Waals surface area contributed by atoms with Crippen LogP contribution in [0.1, 0.15) is 36.8 Å². The molecule has 11 aromatic rings. The first-order chi connectivity index (χ1) is 40.3. The number of fused-ring (bicyclic) bond motifs is 4. The van der Waals surface area contributed by atoms with Crippen LogP contribution in [0.15, 0.2) is 259 Å². The highest BCUT2D eigenvalue weighted by Crippen LogP contribution is 2.48. The maximum absolute atomic E-state index is 4.53. The van der Waals surface area contributed by atoms with Crippen molar-refractivity contribution in [3.05, 3.63) is 271 Å². The second-order valence-electron chi connectivity index (χ2n) is 21.3. The fourth-order valence-corrected chi connectivity index (χ4v) is 13.8. The van der Waals surface area contributed by atoms with Crippen LogP contribution in [-0.4, -0.2) is 24.3 Å². The number of benzene rings is 11. The molecule has 4 heteroatoms. The Kier molecular flexibility index (Phi) is 14.3.